The van der Waals surface area contributed by atoms with E-state index in [4.69, 9.17) is 0 Å². The fraction of sp³-hybridized carbons (Fsp3) is 0.833. The number of carbonyl (C=O) groups excluding carboxylic acids is 1. The van der Waals surface area contributed by atoms with Crippen molar-refractivity contribution in [1.82, 2.24) is 24.6 Å². The highest BCUT2D eigenvalue weighted by Gasteiger charge is 2.27. The molecule has 2 saturated heterocycles. The lowest BCUT2D eigenvalue weighted by Crippen LogP contribution is -2.38. The summed E-state index contributed by atoms with van der Waals surface area (Å²) in [5, 5.41) is 8.98. The maximum absolute atomic E-state index is 11.8. The van der Waals surface area contributed by atoms with E-state index in [1.165, 1.54) is 38.8 Å². The molecule has 2 fully saturated rings. The molecule has 3 heterocycles. The molecule has 6 nitrogen and oxygen atoms in total. The van der Waals surface area contributed by atoms with Gasteiger partial charge in [-0.25, -0.2) is 0 Å². The van der Waals surface area contributed by atoms with Crippen molar-refractivity contribution in [3.05, 3.63) is 11.6 Å². The molecule has 2 aliphatic heterocycles. The molecule has 0 radical (unpaired) electrons. The highest BCUT2D eigenvalue weighted by Crippen LogP contribution is 2.27. The smallest absolute Gasteiger partial charge is 0.222 e. The van der Waals surface area contributed by atoms with Gasteiger partial charge in [0, 0.05) is 32.5 Å². The van der Waals surface area contributed by atoms with Crippen LogP contribution >= 0.6 is 0 Å². The predicted molar refractivity (Wildman–Crippen MR) is 93.6 cm³/mol. The van der Waals surface area contributed by atoms with Crippen molar-refractivity contribution < 1.29 is 4.79 Å². The van der Waals surface area contributed by atoms with Crippen molar-refractivity contribution in [3.8, 4) is 0 Å². The first kappa shape index (κ1) is 17.4. The Balaban J connectivity index is 1.59. The molecular weight excluding hydrogens is 302 g/mol. The minimum atomic E-state index is 0.272. The van der Waals surface area contributed by atoms with E-state index >= 15 is 0 Å². The third kappa shape index (κ3) is 3.97. The van der Waals surface area contributed by atoms with Crippen LogP contribution in [0, 0.1) is 0 Å². The van der Waals surface area contributed by atoms with Gasteiger partial charge in [0.05, 0.1) is 6.54 Å². The molecule has 0 bridgehead atoms. The third-order valence-electron chi connectivity index (χ3n) is 5.58. The Morgan fingerprint density at radius 3 is 2.33 bits per heavy atom. The average molecular weight is 333 g/mol. The van der Waals surface area contributed by atoms with Gasteiger partial charge in [0.1, 0.15) is 11.6 Å². The van der Waals surface area contributed by atoms with Gasteiger partial charge >= 0.3 is 0 Å². The minimum Gasteiger partial charge on any atom is -0.343 e. The van der Waals surface area contributed by atoms with E-state index in [0.29, 0.717) is 12.3 Å². The van der Waals surface area contributed by atoms with Crippen LogP contribution in [0.1, 0.15) is 69.4 Å². The summed E-state index contributed by atoms with van der Waals surface area (Å²) < 4.78 is 2.20. The zero-order chi connectivity index (χ0) is 16.9. The van der Waals surface area contributed by atoms with Crippen LogP contribution in [0.25, 0.3) is 0 Å². The Morgan fingerprint density at radius 2 is 1.71 bits per heavy atom. The highest BCUT2D eigenvalue weighted by atomic mass is 16.2. The molecule has 0 N–H and O–H groups in total. The maximum atomic E-state index is 11.8. The van der Waals surface area contributed by atoms with E-state index in [1.54, 1.807) is 0 Å². The van der Waals surface area contributed by atoms with Gasteiger partial charge in [0.25, 0.3) is 0 Å². The van der Waals surface area contributed by atoms with Crippen molar-refractivity contribution in [1.29, 1.82) is 0 Å². The van der Waals surface area contributed by atoms with E-state index in [9.17, 15) is 4.79 Å². The van der Waals surface area contributed by atoms with Crippen molar-refractivity contribution in [3.63, 3.8) is 0 Å². The summed E-state index contributed by atoms with van der Waals surface area (Å²) in [6.07, 6.45) is 7.92. The van der Waals surface area contributed by atoms with Crippen LogP contribution in [-0.4, -0.2) is 56.7 Å². The second-order valence-electron chi connectivity index (χ2n) is 7.23. The summed E-state index contributed by atoms with van der Waals surface area (Å²) in [7, 11) is 2.10. The van der Waals surface area contributed by atoms with Gasteiger partial charge in [-0.3, -0.25) is 9.69 Å². The number of aromatic nitrogens is 3. The van der Waals surface area contributed by atoms with Crippen LogP contribution in [0.15, 0.2) is 0 Å². The van der Waals surface area contributed by atoms with Gasteiger partial charge in [-0.2, -0.15) is 0 Å². The molecule has 0 spiro atoms. The summed E-state index contributed by atoms with van der Waals surface area (Å²) in [5.74, 6) is 2.89. The van der Waals surface area contributed by atoms with E-state index in [0.717, 1.165) is 44.1 Å². The van der Waals surface area contributed by atoms with Crippen molar-refractivity contribution >= 4 is 5.91 Å². The third-order valence-corrected chi connectivity index (χ3v) is 5.58. The lowest BCUT2D eigenvalue weighted by molar-refractivity contribution is -0.131. The van der Waals surface area contributed by atoms with Gasteiger partial charge in [0.2, 0.25) is 5.91 Å². The molecule has 1 amide bonds. The van der Waals surface area contributed by atoms with Crippen molar-refractivity contribution in [2.45, 2.75) is 64.3 Å². The SMILES string of the molecule is CCC(=O)N1CCC(c2nnc(CN3CCCCCC3)n2C)CC1. The normalized spacial score (nSPS) is 21.0. The summed E-state index contributed by atoms with van der Waals surface area (Å²) in [6.45, 7) is 6.92. The molecule has 1 aromatic rings. The first-order valence-electron chi connectivity index (χ1n) is 9.57. The number of likely N-dealkylation sites (tertiary alicyclic amines) is 2. The van der Waals surface area contributed by atoms with Crippen LogP contribution in [0.2, 0.25) is 0 Å². The molecule has 3 rings (SSSR count). The van der Waals surface area contributed by atoms with Crippen LogP contribution in [0.4, 0.5) is 0 Å². The van der Waals surface area contributed by atoms with Gasteiger partial charge < -0.3 is 9.47 Å². The second-order valence-corrected chi connectivity index (χ2v) is 7.23. The number of hydrogen-bond donors (Lipinski definition) is 0. The Kier molecular flexibility index (Phi) is 5.87. The summed E-state index contributed by atoms with van der Waals surface area (Å²) in [5.41, 5.74) is 0. The van der Waals surface area contributed by atoms with Gasteiger partial charge in [-0.15, -0.1) is 10.2 Å². The predicted octanol–water partition coefficient (Wildman–Crippen LogP) is 2.31. The summed E-state index contributed by atoms with van der Waals surface area (Å²) in [6, 6.07) is 0. The standard InChI is InChI=1S/C18H31N5O/c1-3-17(24)23-12-8-15(9-13-23)18-20-19-16(21(18)2)14-22-10-6-4-5-7-11-22/h15H,3-14H2,1-2H3. The van der Waals surface area contributed by atoms with E-state index in [2.05, 4.69) is 26.7 Å². The van der Waals surface area contributed by atoms with Gasteiger partial charge in [-0.05, 0) is 38.8 Å². The first-order valence-corrected chi connectivity index (χ1v) is 9.57. The monoisotopic (exact) mass is 333 g/mol. The number of carbonyl (C=O) groups is 1. The molecule has 0 aliphatic carbocycles. The van der Waals surface area contributed by atoms with E-state index < -0.39 is 0 Å². The van der Waals surface area contributed by atoms with Gasteiger partial charge in [-0.1, -0.05) is 19.8 Å². The van der Waals surface area contributed by atoms with Gasteiger partial charge in [0.15, 0.2) is 0 Å². The zero-order valence-electron chi connectivity index (χ0n) is 15.2. The maximum Gasteiger partial charge on any atom is 0.222 e. The molecule has 0 unspecified atom stereocenters. The largest absolute Gasteiger partial charge is 0.343 e. The second kappa shape index (κ2) is 8.10. The number of piperidine rings is 1. The van der Waals surface area contributed by atoms with E-state index in [1.807, 2.05) is 11.8 Å². The molecule has 0 aromatic carbocycles. The molecule has 0 saturated carbocycles. The Bertz CT molecular complexity index is 540. The topological polar surface area (TPSA) is 54.3 Å². The van der Waals surface area contributed by atoms with Crippen LogP contribution < -0.4 is 0 Å². The van der Waals surface area contributed by atoms with Crippen molar-refractivity contribution in [2.24, 2.45) is 7.05 Å². The van der Waals surface area contributed by atoms with Crippen LogP contribution in [0.3, 0.4) is 0 Å². The van der Waals surface area contributed by atoms with Crippen LogP contribution in [0.5, 0.6) is 0 Å². The lowest BCUT2D eigenvalue weighted by Gasteiger charge is -2.31. The number of nitrogens with zero attached hydrogens (tertiary/aromatic N) is 5. The molecule has 0 atom stereocenters. The minimum absolute atomic E-state index is 0.272. The molecule has 134 valence electrons. The summed E-state index contributed by atoms with van der Waals surface area (Å²) in [4.78, 5) is 16.3. The van der Waals surface area contributed by atoms with Crippen molar-refractivity contribution in [2.75, 3.05) is 26.2 Å². The summed E-state index contributed by atoms with van der Waals surface area (Å²) >= 11 is 0. The zero-order valence-corrected chi connectivity index (χ0v) is 15.2. The fourth-order valence-corrected chi connectivity index (χ4v) is 3.97. The molecule has 2 aliphatic rings. The number of rotatable bonds is 4. The number of amides is 1. The molecular formula is C18H31N5O. The molecule has 24 heavy (non-hydrogen) atoms. The first-order chi connectivity index (χ1) is 11.7. The van der Waals surface area contributed by atoms with Crippen LogP contribution in [-0.2, 0) is 18.4 Å². The highest BCUT2D eigenvalue weighted by molar-refractivity contribution is 5.75. The quantitative estimate of drug-likeness (QED) is 0.848. The van der Waals surface area contributed by atoms with E-state index in [-0.39, 0.29) is 5.91 Å². The Morgan fingerprint density at radius 1 is 1.04 bits per heavy atom. The lowest BCUT2D eigenvalue weighted by atomic mass is 9.95. The fourth-order valence-electron chi connectivity index (χ4n) is 3.97. The average Bonchev–Trinajstić information content (AvgIpc) is 2.81. The number of hydrogen-bond acceptors (Lipinski definition) is 4. The molecule has 1 aromatic heterocycles. The molecule has 6 heteroatoms. The Hall–Kier alpha value is -1.43. The Labute approximate surface area is 145 Å².